The van der Waals surface area contributed by atoms with E-state index in [2.05, 4.69) is 0 Å². The molecular formula is C12H14O2. The van der Waals surface area contributed by atoms with Crippen LogP contribution in [0.2, 0.25) is 0 Å². The number of allylic oxidation sites excluding steroid dienone is 1. The predicted molar refractivity (Wildman–Crippen MR) is 56.7 cm³/mol. The lowest BCUT2D eigenvalue weighted by Crippen LogP contribution is -2.03. The molecule has 0 saturated heterocycles. The monoisotopic (exact) mass is 190 g/mol. The van der Waals surface area contributed by atoms with E-state index in [1.54, 1.807) is 0 Å². The zero-order valence-electron chi connectivity index (χ0n) is 8.49. The zero-order chi connectivity index (χ0) is 10.4. The van der Waals surface area contributed by atoms with E-state index >= 15 is 0 Å². The number of carbonyl (C=O) groups excluding carboxylic acids is 1. The van der Waals surface area contributed by atoms with Gasteiger partial charge in [-0.1, -0.05) is 43.3 Å². The molecule has 0 radical (unpaired) electrons. The number of ether oxygens (including phenoxy) is 1. The second kappa shape index (κ2) is 5.22. The van der Waals surface area contributed by atoms with E-state index in [1.807, 2.05) is 43.3 Å². The maximum atomic E-state index is 11.4. The van der Waals surface area contributed by atoms with E-state index in [4.69, 9.17) is 4.74 Å². The summed E-state index contributed by atoms with van der Waals surface area (Å²) in [6, 6.07) is 9.53. The third-order valence-corrected chi connectivity index (χ3v) is 1.90. The molecule has 0 bridgehead atoms. The van der Waals surface area contributed by atoms with Gasteiger partial charge in [-0.2, -0.15) is 0 Å². The molecule has 0 saturated carbocycles. The minimum atomic E-state index is -0.280. The minimum absolute atomic E-state index is 0.280. The quantitative estimate of drug-likeness (QED) is 0.541. The van der Waals surface area contributed by atoms with Crippen LogP contribution in [0.3, 0.4) is 0 Å². The van der Waals surface area contributed by atoms with Crippen LogP contribution >= 0.6 is 0 Å². The maximum absolute atomic E-state index is 11.4. The van der Waals surface area contributed by atoms with Crippen molar-refractivity contribution in [2.45, 2.75) is 13.3 Å². The summed E-state index contributed by atoms with van der Waals surface area (Å²) in [5.74, 6) is -0.280. The van der Waals surface area contributed by atoms with Gasteiger partial charge in [0.15, 0.2) is 0 Å². The van der Waals surface area contributed by atoms with Gasteiger partial charge in [-0.15, -0.1) is 0 Å². The van der Waals surface area contributed by atoms with Crippen LogP contribution in [0.25, 0.3) is 5.57 Å². The summed E-state index contributed by atoms with van der Waals surface area (Å²) in [5, 5.41) is 0. The highest BCUT2D eigenvalue weighted by Crippen LogP contribution is 2.15. The third-order valence-electron chi connectivity index (χ3n) is 1.90. The van der Waals surface area contributed by atoms with E-state index in [0.29, 0.717) is 5.57 Å². The van der Waals surface area contributed by atoms with Gasteiger partial charge >= 0.3 is 5.97 Å². The van der Waals surface area contributed by atoms with Crippen molar-refractivity contribution in [2.24, 2.45) is 0 Å². The summed E-state index contributed by atoms with van der Waals surface area (Å²) in [4.78, 5) is 11.4. The number of carbonyl (C=O) groups is 1. The number of methoxy groups -OCH3 is 1. The molecule has 74 valence electrons. The summed E-state index contributed by atoms with van der Waals surface area (Å²) >= 11 is 0. The van der Waals surface area contributed by atoms with Crippen LogP contribution in [0.5, 0.6) is 0 Å². The summed E-state index contributed by atoms with van der Waals surface area (Å²) in [6.07, 6.45) is 2.69. The van der Waals surface area contributed by atoms with E-state index in [9.17, 15) is 4.79 Å². The molecule has 1 rings (SSSR count). The van der Waals surface area contributed by atoms with Crippen LogP contribution in [0.4, 0.5) is 0 Å². The van der Waals surface area contributed by atoms with Gasteiger partial charge in [-0.05, 0) is 12.0 Å². The summed E-state index contributed by atoms with van der Waals surface area (Å²) in [5.41, 5.74) is 1.54. The number of benzene rings is 1. The first-order valence-corrected chi connectivity index (χ1v) is 4.63. The molecule has 0 aromatic heterocycles. The highest BCUT2D eigenvalue weighted by Gasteiger charge is 2.10. The largest absolute Gasteiger partial charge is 0.465 e. The molecule has 0 unspecified atom stereocenters. The first-order valence-electron chi connectivity index (χ1n) is 4.63. The molecule has 0 amide bonds. The molecule has 0 aliphatic carbocycles. The number of esters is 1. The highest BCUT2D eigenvalue weighted by molar-refractivity contribution is 6.16. The van der Waals surface area contributed by atoms with Crippen molar-refractivity contribution in [1.29, 1.82) is 0 Å². The van der Waals surface area contributed by atoms with Crippen molar-refractivity contribution in [3.05, 3.63) is 42.0 Å². The van der Waals surface area contributed by atoms with Crippen LogP contribution in [-0.2, 0) is 9.53 Å². The van der Waals surface area contributed by atoms with Gasteiger partial charge in [0.1, 0.15) is 0 Å². The maximum Gasteiger partial charge on any atom is 0.338 e. The topological polar surface area (TPSA) is 26.3 Å². The Morgan fingerprint density at radius 3 is 2.50 bits per heavy atom. The van der Waals surface area contributed by atoms with Gasteiger partial charge in [0.2, 0.25) is 0 Å². The highest BCUT2D eigenvalue weighted by atomic mass is 16.5. The van der Waals surface area contributed by atoms with Gasteiger partial charge in [-0.25, -0.2) is 4.79 Å². The molecule has 0 fully saturated rings. The van der Waals surface area contributed by atoms with Crippen LogP contribution in [0.1, 0.15) is 18.9 Å². The lowest BCUT2D eigenvalue weighted by molar-refractivity contribution is -0.133. The predicted octanol–water partition coefficient (Wildman–Crippen LogP) is 2.65. The first kappa shape index (κ1) is 10.5. The van der Waals surface area contributed by atoms with Crippen molar-refractivity contribution < 1.29 is 9.53 Å². The van der Waals surface area contributed by atoms with Crippen LogP contribution in [0, 0.1) is 0 Å². The van der Waals surface area contributed by atoms with Crippen molar-refractivity contribution >= 4 is 11.5 Å². The molecule has 0 atom stereocenters. The second-order valence-corrected chi connectivity index (χ2v) is 2.88. The van der Waals surface area contributed by atoms with Crippen molar-refractivity contribution in [2.75, 3.05) is 7.11 Å². The molecule has 14 heavy (non-hydrogen) atoms. The van der Waals surface area contributed by atoms with Crippen LogP contribution < -0.4 is 0 Å². The Kier molecular flexibility index (Phi) is 3.92. The summed E-state index contributed by atoms with van der Waals surface area (Å²) in [7, 11) is 1.40. The lowest BCUT2D eigenvalue weighted by Gasteiger charge is -2.04. The van der Waals surface area contributed by atoms with E-state index in [-0.39, 0.29) is 5.97 Å². The smallest absolute Gasteiger partial charge is 0.338 e. The Morgan fingerprint density at radius 1 is 1.36 bits per heavy atom. The normalized spacial score (nSPS) is 11.1. The fraction of sp³-hybridized carbons (Fsp3) is 0.250. The molecule has 2 heteroatoms. The number of hydrogen-bond acceptors (Lipinski definition) is 2. The fourth-order valence-electron chi connectivity index (χ4n) is 1.25. The Balaban J connectivity index is 3.02. The first-order chi connectivity index (χ1) is 6.79. The Bertz CT molecular complexity index is 325. The third kappa shape index (κ3) is 2.46. The molecular weight excluding hydrogens is 176 g/mol. The SMILES string of the molecule is CC/C=C(\C(=O)OC)c1ccccc1. The van der Waals surface area contributed by atoms with E-state index < -0.39 is 0 Å². The van der Waals surface area contributed by atoms with Gasteiger partial charge in [-0.3, -0.25) is 0 Å². The molecule has 0 N–H and O–H groups in total. The molecule has 1 aromatic rings. The van der Waals surface area contributed by atoms with E-state index in [1.165, 1.54) is 7.11 Å². The van der Waals surface area contributed by atoms with Crippen LogP contribution in [-0.4, -0.2) is 13.1 Å². The van der Waals surface area contributed by atoms with Crippen molar-refractivity contribution in [1.82, 2.24) is 0 Å². The molecule has 0 aliphatic rings. The number of hydrogen-bond donors (Lipinski definition) is 0. The van der Waals surface area contributed by atoms with E-state index in [0.717, 1.165) is 12.0 Å². The Labute approximate surface area is 84.2 Å². The van der Waals surface area contributed by atoms with Crippen molar-refractivity contribution in [3.63, 3.8) is 0 Å². The van der Waals surface area contributed by atoms with Crippen molar-refractivity contribution in [3.8, 4) is 0 Å². The minimum Gasteiger partial charge on any atom is -0.465 e. The van der Waals surface area contributed by atoms with Gasteiger partial charge in [0.25, 0.3) is 0 Å². The standard InChI is InChI=1S/C12H14O2/c1-3-7-11(12(13)14-2)10-8-5-4-6-9-10/h4-9H,3H2,1-2H3/b11-7-. The van der Waals surface area contributed by atoms with Crippen LogP contribution in [0.15, 0.2) is 36.4 Å². The molecule has 0 heterocycles. The average molecular weight is 190 g/mol. The zero-order valence-corrected chi connectivity index (χ0v) is 8.49. The molecule has 0 aliphatic heterocycles. The number of rotatable bonds is 3. The molecule has 1 aromatic carbocycles. The fourth-order valence-corrected chi connectivity index (χ4v) is 1.25. The Morgan fingerprint density at radius 2 is 2.00 bits per heavy atom. The summed E-state index contributed by atoms with van der Waals surface area (Å²) < 4.78 is 4.71. The lowest BCUT2D eigenvalue weighted by atomic mass is 10.1. The average Bonchev–Trinajstić information content (AvgIpc) is 2.26. The molecule has 2 nitrogen and oxygen atoms in total. The van der Waals surface area contributed by atoms with Gasteiger partial charge < -0.3 is 4.74 Å². The second-order valence-electron chi connectivity index (χ2n) is 2.88. The van der Waals surface area contributed by atoms with Gasteiger partial charge in [0.05, 0.1) is 12.7 Å². The summed E-state index contributed by atoms with van der Waals surface area (Å²) in [6.45, 7) is 1.99. The molecule has 0 spiro atoms. The Hall–Kier alpha value is -1.57. The van der Waals surface area contributed by atoms with Gasteiger partial charge in [0, 0.05) is 0 Å².